The van der Waals surface area contributed by atoms with Crippen LogP contribution in [0.4, 0.5) is 0 Å². The van der Waals surface area contributed by atoms with Crippen molar-refractivity contribution in [3.63, 3.8) is 0 Å². The van der Waals surface area contributed by atoms with Crippen LogP contribution in [0.1, 0.15) is 32.1 Å². The minimum Gasteiger partial charge on any atom is -0.409 e. The van der Waals surface area contributed by atoms with Gasteiger partial charge in [-0.1, -0.05) is 24.4 Å². The van der Waals surface area contributed by atoms with Crippen molar-refractivity contribution in [3.05, 3.63) is 0 Å². The molecule has 0 aromatic carbocycles. The Balaban J connectivity index is 2.74. The molecule has 0 atom stereocenters. The van der Waals surface area contributed by atoms with E-state index >= 15 is 0 Å². The number of carbonyl (C=O) groups is 1. The van der Waals surface area contributed by atoms with E-state index in [0.29, 0.717) is 5.75 Å². The summed E-state index contributed by atoms with van der Waals surface area (Å²) in [5.41, 5.74) is 5.08. The predicted octanol–water partition coefficient (Wildman–Crippen LogP) is 0.915. The first kappa shape index (κ1) is 13.2. The molecule has 5 nitrogen and oxygen atoms in total. The van der Waals surface area contributed by atoms with Crippen LogP contribution in [0.3, 0.4) is 0 Å². The smallest absolute Gasteiger partial charge is 0.230 e. The fourth-order valence-corrected chi connectivity index (χ4v) is 2.46. The Kier molecular flexibility index (Phi) is 4.92. The van der Waals surface area contributed by atoms with Gasteiger partial charge in [0.15, 0.2) is 5.84 Å². The van der Waals surface area contributed by atoms with Gasteiger partial charge in [0.2, 0.25) is 5.91 Å². The van der Waals surface area contributed by atoms with E-state index in [1.54, 1.807) is 0 Å². The van der Waals surface area contributed by atoms with Crippen LogP contribution < -0.4 is 11.1 Å². The Morgan fingerprint density at radius 3 is 2.62 bits per heavy atom. The number of thioether (sulfide) groups is 1. The van der Waals surface area contributed by atoms with Crippen molar-refractivity contribution >= 4 is 23.5 Å². The molecule has 0 heterocycles. The molecular formula is C10H19N3O2S. The summed E-state index contributed by atoms with van der Waals surface area (Å²) in [6.07, 6.45) is 6.51. The molecule has 1 aliphatic carbocycles. The van der Waals surface area contributed by atoms with Crippen LogP contribution in [0.2, 0.25) is 0 Å². The lowest BCUT2D eigenvalue weighted by molar-refractivity contribution is -0.120. The lowest BCUT2D eigenvalue weighted by Crippen LogP contribution is -2.58. The van der Waals surface area contributed by atoms with E-state index in [9.17, 15) is 4.79 Å². The fraction of sp³-hybridized carbons (Fsp3) is 0.800. The molecule has 6 heteroatoms. The number of rotatable bonds is 4. The molecule has 1 saturated carbocycles. The Hall–Kier alpha value is -0.910. The third-order valence-electron chi connectivity index (χ3n) is 2.96. The maximum Gasteiger partial charge on any atom is 0.230 e. The topological polar surface area (TPSA) is 87.7 Å². The summed E-state index contributed by atoms with van der Waals surface area (Å²) >= 11 is 1.46. The molecule has 0 spiro atoms. The largest absolute Gasteiger partial charge is 0.409 e. The fourth-order valence-electron chi connectivity index (χ4n) is 2.13. The van der Waals surface area contributed by atoms with Gasteiger partial charge in [0.1, 0.15) is 5.54 Å². The summed E-state index contributed by atoms with van der Waals surface area (Å²) < 4.78 is 0. The summed E-state index contributed by atoms with van der Waals surface area (Å²) in [5.74, 6) is 0.475. The van der Waals surface area contributed by atoms with Gasteiger partial charge in [-0.15, -0.1) is 0 Å². The Morgan fingerprint density at radius 1 is 1.50 bits per heavy atom. The minimum atomic E-state index is -0.625. The van der Waals surface area contributed by atoms with Gasteiger partial charge in [-0.05, 0) is 19.1 Å². The van der Waals surface area contributed by atoms with E-state index in [-0.39, 0.29) is 11.7 Å². The van der Waals surface area contributed by atoms with Crippen molar-refractivity contribution in [2.45, 2.75) is 37.6 Å². The van der Waals surface area contributed by atoms with Gasteiger partial charge in [0.05, 0.1) is 5.75 Å². The minimum absolute atomic E-state index is 0.0546. The zero-order valence-electron chi connectivity index (χ0n) is 9.53. The highest BCUT2D eigenvalue weighted by molar-refractivity contribution is 7.99. The zero-order valence-corrected chi connectivity index (χ0v) is 10.3. The van der Waals surface area contributed by atoms with Gasteiger partial charge in [-0.25, -0.2) is 0 Å². The molecule has 1 rings (SSSR count). The number of nitrogens with zero attached hydrogens (tertiary/aromatic N) is 1. The Bertz CT molecular complexity index is 275. The van der Waals surface area contributed by atoms with Gasteiger partial charge in [0, 0.05) is 0 Å². The van der Waals surface area contributed by atoms with Crippen molar-refractivity contribution in [2.75, 3.05) is 12.0 Å². The Morgan fingerprint density at radius 2 is 2.12 bits per heavy atom. The maximum absolute atomic E-state index is 11.6. The highest BCUT2D eigenvalue weighted by Gasteiger charge is 2.37. The number of oxime groups is 1. The van der Waals surface area contributed by atoms with Crippen LogP contribution in [0.5, 0.6) is 0 Å². The van der Waals surface area contributed by atoms with Crippen molar-refractivity contribution in [1.82, 2.24) is 5.32 Å². The lowest BCUT2D eigenvalue weighted by Gasteiger charge is -2.36. The summed E-state index contributed by atoms with van der Waals surface area (Å²) in [6, 6.07) is 0. The second kappa shape index (κ2) is 5.98. The lowest BCUT2D eigenvalue weighted by atomic mass is 9.80. The number of hydrogen-bond donors (Lipinski definition) is 3. The average Bonchev–Trinajstić information content (AvgIpc) is 2.29. The molecule has 0 aromatic heterocycles. The standard InChI is InChI=1S/C10H19N3O2S/c1-16-7-8(14)12-10(9(11)13-15)5-3-2-4-6-10/h15H,2-7H2,1H3,(H2,11,13)(H,12,14). The zero-order chi connectivity index (χ0) is 12.0. The predicted molar refractivity (Wildman–Crippen MR) is 65.7 cm³/mol. The third kappa shape index (κ3) is 3.04. The summed E-state index contributed by atoms with van der Waals surface area (Å²) in [7, 11) is 0. The van der Waals surface area contributed by atoms with E-state index in [2.05, 4.69) is 10.5 Å². The van der Waals surface area contributed by atoms with Crippen LogP contribution in [-0.2, 0) is 4.79 Å². The molecule has 92 valence electrons. The summed E-state index contributed by atoms with van der Waals surface area (Å²) in [6.45, 7) is 0. The molecule has 1 fully saturated rings. The first-order valence-electron chi connectivity index (χ1n) is 5.42. The van der Waals surface area contributed by atoms with Gasteiger partial charge >= 0.3 is 0 Å². The molecule has 0 radical (unpaired) electrons. The second-order valence-corrected chi connectivity index (χ2v) is 4.98. The maximum atomic E-state index is 11.6. The van der Waals surface area contributed by atoms with Crippen molar-refractivity contribution in [3.8, 4) is 0 Å². The van der Waals surface area contributed by atoms with Gasteiger partial charge in [-0.2, -0.15) is 11.8 Å². The normalized spacial score (nSPS) is 20.4. The number of amidine groups is 1. The molecule has 1 aliphatic rings. The number of hydrogen-bond acceptors (Lipinski definition) is 4. The van der Waals surface area contributed by atoms with E-state index in [1.807, 2.05) is 6.26 Å². The van der Waals surface area contributed by atoms with Crippen molar-refractivity contribution in [2.24, 2.45) is 10.9 Å². The molecule has 4 N–H and O–H groups in total. The monoisotopic (exact) mass is 245 g/mol. The first-order chi connectivity index (χ1) is 7.64. The van der Waals surface area contributed by atoms with Gasteiger partial charge < -0.3 is 16.3 Å². The van der Waals surface area contributed by atoms with Crippen molar-refractivity contribution < 1.29 is 10.0 Å². The number of amides is 1. The van der Waals surface area contributed by atoms with Gasteiger partial charge in [0.25, 0.3) is 0 Å². The number of nitrogens with one attached hydrogen (secondary N) is 1. The first-order valence-corrected chi connectivity index (χ1v) is 6.82. The van der Waals surface area contributed by atoms with E-state index < -0.39 is 5.54 Å². The van der Waals surface area contributed by atoms with Crippen molar-refractivity contribution in [1.29, 1.82) is 0 Å². The molecule has 0 saturated heterocycles. The Labute approximate surface area is 99.8 Å². The average molecular weight is 245 g/mol. The molecule has 0 bridgehead atoms. The summed E-state index contributed by atoms with van der Waals surface area (Å²) in [5, 5.41) is 14.8. The number of carbonyl (C=O) groups excluding carboxylic acids is 1. The van der Waals surface area contributed by atoms with E-state index in [1.165, 1.54) is 11.8 Å². The highest BCUT2D eigenvalue weighted by Crippen LogP contribution is 2.28. The number of nitrogens with two attached hydrogens (primary N) is 1. The quantitative estimate of drug-likeness (QED) is 0.297. The molecular weight excluding hydrogens is 226 g/mol. The van der Waals surface area contributed by atoms with Crippen LogP contribution >= 0.6 is 11.8 Å². The van der Waals surface area contributed by atoms with Crippen LogP contribution in [0.15, 0.2) is 5.16 Å². The second-order valence-electron chi connectivity index (χ2n) is 4.11. The van der Waals surface area contributed by atoms with Crippen LogP contribution in [0.25, 0.3) is 0 Å². The molecule has 0 aromatic rings. The third-order valence-corrected chi connectivity index (χ3v) is 3.51. The molecule has 1 amide bonds. The van der Waals surface area contributed by atoms with E-state index in [0.717, 1.165) is 32.1 Å². The van der Waals surface area contributed by atoms with Crippen LogP contribution in [-0.4, -0.2) is 34.5 Å². The highest BCUT2D eigenvalue weighted by atomic mass is 32.2. The molecule has 0 unspecified atom stereocenters. The van der Waals surface area contributed by atoms with E-state index in [4.69, 9.17) is 10.9 Å². The van der Waals surface area contributed by atoms with Crippen LogP contribution in [0, 0.1) is 0 Å². The molecule has 0 aliphatic heterocycles. The SMILES string of the molecule is CSCC(=O)NC1(C(N)=NO)CCCCC1. The molecule has 16 heavy (non-hydrogen) atoms. The summed E-state index contributed by atoms with van der Waals surface area (Å²) in [4.78, 5) is 11.6. The van der Waals surface area contributed by atoms with Gasteiger partial charge in [-0.3, -0.25) is 4.79 Å².